The maximum atomic E-state index is 12.4. The summed E-state index contributed by atoms with van der Waals surface area (Å²) in [6.45, 7) is 2.92. The first-order valence-electron chi connectivity index (χ1n) is 6.96. The van der Waals surface area contributed by atoms with E-state index < -0.39 is 18.6 Å². The number of amides is 1. The predicted octanol–water partition coefficient (Wildman–Crippen LogP) is 2.12. The molecule has 0 saturated heterocycles. The van der Waals surface area contributed by atoms with Crippen molar-refractivity contribution >= 4 is 5.91 Å². The molecule has 0 aromatic carbocycles. The molecule has 0 saturated carbocycles. The molecule has 2 aromatic heterocycles. The zero-order valence-corrected chi connectivity index (χ0v) is 13.1. The highest BCUT2D eigenvalue weighted by Crippen LogP contribution is 2.20. The number of aromatic nitrogens is 3. The lowest BCUT2D eigenvalue weighted by atomic mass is 9.97. The molecule has 0 aliphatic rings. The van der Waals surface area contributed by atoms with E-state index in [4.69, 9.17) is 4.74 Å². The van der Waals surface area contributed by atoms with Crippen molar-refractivity contribution in [2.45, 2.75) is 25.8 Å². The molecule has 0 fully saturated rings. The number of nitrogens with one attached hydrogen (secondary N) is 1. The molecule has 0 atom stereocenters. The van der Waals surface area contributed by atoms with Crippen LogP contribution < -0.4 is 10.1 Å². The number of aryl methyl sites for hydroxylation is 1. The molecule has 6 nitrogen and oxygen atoms in total. The second-order valence-electron chi connectivity index (χ2n) is 5.57. The number of carbonyl (C=O) groups excluding carboxylic acids is 1. The lowest BCUT2D eigenvalue weighted by Crippen LogP contribution is -2.40. The Kier molecular flexibility index (Phi) is 4.92. The summed E-state index contributed by atoms with van der Waals surface area (Å²) in [5, 5.41) is 6.95. The van der Waals surface area contributed by atoms with Crippen molar-refractivity contribution in [3.63, 3.8) is 0 Å². The second-order valence-corrected chi connectivity index (χ2v) is 5.57. The van der Waals surface area contributed by atoms with Crippen molar-refractivity contribution < 1.29 is 18.3 Å². The molecule has 0 aliphatic heterocycles. The van der Waals surface area contributed by atoms with Crippen LogP contribution in [0.4, 0.5) is 8.78 Å². The molecule has 0 bridgehead atoms. The van der Waals surface area contributed by atoms with Crippen LogP contribution in [0.1, 0.15) is 29.8 Å². The van der Waals surface area contributed by atoms with E-state index in [9.17, 15) is 13.6 Å². The van der Waals surface area contributed by atoms with Crippen molar-refractivity contribution in [3.8, 4) is 5.88 Å². The van der Waals surface area contributed by atoms with E-state index in [1.54, 1.807) is 17.9 Å². The predicted molar refractivity (Wildman–Crippen MR) is 79.4 cm³/mol. The Hall–Kier alpha value is -2.51. The number of pyridine rings is 1. The van der Waals surface area contributed by atoms with E-state index in [2.05, 4.69) is 15.4 Å². The van der Waals surface area contributed by atoms with E-state index in [0.29, 0.717) is 0 Å². The van der Waals surface area contributed by atoms with Crippen molar-refractivity contribution in [2.75, 3.05) is 6.61 Å². The Morgan fingerprint density at radius 1 is 1.48 bits per heavy atom. The number of halogens is 2. The minimum atomic E-state index is -2.60. The lowest BCUT2D eigenvalue weighted by molar-refractivity contribution is 0.0794. The van der Waals surface area contributed by atoms with Gasteiger partial charge in [0.15, 0.2) is 6.61 Å². The van der Waals surface area contributed by atoms with Crippen LogP contribution in [0.3, 0.4) is 0 Å². The number of ether oxygens (including phenoxy) is 1. The molecular weight excluding hydrogens is 306 g/mol. The normalized spacial score (nSPS) is 11.6. The summed E-state index contributed by atoms with van der Waals surface area (Å²) in [6.07, 6.45) is 2.22. The van der Waals surface area contributed by atoms with Crippen molar-refractivity contribution in [1.29, 1.82) is 0 Å². The van der Waals surface area contributed by atoms with Gasteiger partial charge in [-0.15, -0.1) is 0 Å². The van der Waals surface area contributed by atoms with Gasteiger partial charge in [0, 0.05) is 36.6 Å². The molecule has 23 heavy (non-hydrogen) atoms. The van der Waals surface area contributed by atoms with Gasteiger partial charge in [-0.05, 0) is 19.9 Å². The Labute approximate surface area is 132 Å². The maximum Gasteiger partial charge on any atom is 0.272 e. The maximum absolute atomic E-state index is 12.4. The van der Waals surface area contributed by atoms with Gasteiger partial charge in [0.1, 0.15) is 0 Å². The minimum absolute atomic E-state index is 0.0165. The zero-order chi connectivity index (χ0) is 17.0. The van der Waals surface area contributed by atoms with Gasteiger partial charge < -0.3 is 10.1 Å². The number of nitrogens with zero attached hydrogens (tertiary/aromatic N) is 3. The third-order valence-electron chi connectivity index (χ3n) is 3.21. The molecule has 0 radical (unpaired) electrons. The molecule has 1 N–H and O–H groups in total. The molecule has 2 heterocycles. The van der Waals surface area contributed by atoms with Gasteiger partial charge in [-0.1, -0.05) is 0 Å². The van der Waals surface area contributed by atoms with Gasteiger partial charge in [0.25, 0.3) is 12.3 Å². The fourth-order valence-electron chi connectivity index (χ4n) is 1.95. The molecular formula is C15H18F2N4O2. The third kappa shape index (κ3) is 4.48. The fourth-order valence-corrected chi connectivity index (χ4v) is 1.95. The van der Waals surface area contributed by atoms with Gasteiger partial charge in [0.05, 0.1) is 11.7 Å². The number of carbonyl (C=O) groups is 1. The van der Waals surface area contributed by atoms with Gasteiger partial charge in [-0.3, -0.25) is 9.48 Å². The van der Waals surface area contributed by atoms with Crippen LogP contribution in [0, 0.1) is 0 Å². The third-order valence-corrected chi connectivity index (χ3v) is 3.21. The Bertz CT molecular complexity index is 686. The Morgan fingerprint density at radius 3 is 2.83 bits per heavy atom. The average Bonchev–Trinajstić information content (AvgIpc) is 2.92. The summed E-state index contributed by atoms with van der Waals surface area (Å²) in [6, 6.07) is 2.82. The van der Waals surface area contributed by atoms with E-state index in [0.717, 1.165) is 5.56 Å². The van der Waals surface area contributed by atoms with Crippen molar-refractivity contribution in [2.24, 2.45) is 7.05 Å². The van der Waals surface area contributed by atoms with Crippen LogP contribution in [0.5, 0.6) is 5.88 Å². The first-order chi connectivity index (χ1) is 10.8. The van der Waals surface area contributed by atoms with Crippen LogP contribution in [-0.2, 0) is 12.6 Å². The summed E-state index contributed by atoms with van der Waals surface area (Å²) in [5.41, 5.74) is 0.483. The average molecular weight is 324 g/mol. The topological polar surface area (TPSA) is 69.0 Å². The standard InChI is InChI=1S/C15H18F2N4O2/c1-15(2,11-7-19-21(3)8-11)20-14(22)10-4-5-18-13(6-10)23-9-12(16)17/h4-8,12H,9H2,1-3H3,(H,20,22). The number of hydrogen-bond acceptors (Lipinski definition) is 4. The summed E-state index contributed by atoms with van der Waals surface area (Å²) in [7, 11) is 1.79. The highest BCUT2D eigenvalue weighted by molar-refractivity contribution is 5.94. The first-order valence-corrected chi connectivity index (χ1v) is 6.96. The Balaban J connectivity index is 2.09. The molecule has 124 valence electrons. The molecule has 8 heteroatoms. The van der Waals surface area contributed by atoms with Crippen LogP contribution in [0.25, 0.3) is 0 Å². The molecule has 2 aromatic rings. The van der Waals surface area contributed by atoms with Gasteiger partial charge in [-0.2, -0.15) is 5.10 Å². The fraction of sp³-hybridized carbons (Fsp3) is 0.400. The Morgan fingerprint density at radius 2 is 2.22 bits per heavy atom. The SMILES string of the molecule is Cn1cc(C(C)(C)NC(=O)c2ccnc(OCC(F)F)c2)cn1. The largest absolute Gasteiger partial charge is 0.472 e. The smallest absolute Gasteiger partial charge is 0.272 e. The number of alkyl halides is 2. The molecule has 0 spiro atoms. The summed E-state index contributed by atoms with van der Waals surface area (Å²) in [5.74, 6) is -0.375. The lowest BCUT2D eigenvalue weighted by Gasteiger charge is -2.25. The highest BCUT2D eigenvalue weighted by atomic mass is 19.3. The van der Waals surface area contributed by atoms with E-state index in [1.807, 2.05) is 20.0 Å². The molecule has 2 rings (SSSR count). The van der Waals surface area contributed by atoms with Crippen molar-refractivity contribution in [3.05, 3.63) is 41.9 Å². The highest BCUT2D eigenvalue weighted by Gasteiger charge is 2.25. The van der Waals surface area contributed by atoms with Crippen molar-refractivity contribution in [1.82, 2.24) is 20.1 Å². The number of rotatable bonds is 6. The van der Waals surface area contributed by atoms with Crippen LogP contribution in [0.15, 0.2) is 30.7 Å². The molecule has 1 amide bonds. The van der Waals surface area contributed by atoms with Crippen LogP contribution >= 0.6 is 0 Å². The summed E-state index contributed by atoms with van der Waals surface area (Å²) < 4.78 is 30.8. The molecule has 0 aliphatic carbocycles. The van der Waals surface area contributed by atoms with E-state index in [-0.39, 0.29) is 17.4 Å². The monoisotopic (exact) mass is 324 g/mol. The van der Waals surface area contributed by atoms with E-state index >= 15 is 0 Å². The zero-order valence-electron chi connectivity index (χ0n) is 13.1. The second kappa shape index (κ2) is 6.72. The van der Waals surface area contributed by atoms with Crippen LogP contribution in [0.2, 0.25) is 0 Å². The number of hydrogen-bond donors (Lipinski definition) is 1. The molecule has 0 unspecified atom stereocenters. The summed E-state index contributed by atoms with van der Waals surface area (Å²) >= 11 is 0. The summed E-state index contributed by atoms with van der Waals surface area (Å²) in [4.78, 5) is 16.2. The van der Waals surface area contributed by atoms with E-state index in [1.165, 1.54) is 18.3 Å². The van der Waals surface area contributed by atoms with Gasteiger partial charge in [-0.25, -0.2) is 13.8 Å². The quantitative estimate of drug-likeness (QED) is 0.884. The van der Waals surface area contributed by atoms with Gasteiger partial charge in [0.2, 0.25) is 5.88 Å². The minimum Gasteiger partial charge on any atom is -0.472 e. The van der Waals surface area contributed by atoms with Gasteiger partial charge >= 0.3 is 0 Å². The first kappa shape index (κ1) is 16.9. The van der Waals surface area contributed by atoms with Crippen LogP contribution in [-0.4, -0.2) is 33.7 Å².